The fourth-order valence-corrected chi connectivity index (χ4v) is 3.83. The zero-order valence-corrected chi connectivity index (χ0v) is 14.5. The summed E-state index contributed by atoms with van der Waals surface area (Å²) in [6.07, 6.45) is 5.97. The molecule has 1 aromatic heterocycles. The molecule has 136 valence electrons. The van der Waals surface area contributed by atoms with Crippen LogP contribution >= 0.6 is 0 Å². The Bertz CT molecular complexity index is 826. The van der Waals surface area contributed by atoms with E-state index in [1.807, 2.05) is 6.07 Å². The number of carbonyl (C=O) groups is 2. The van der Waals surface area contributed by atoms with Crippen molar-refractivity contribution < 1.29 is 14.7 Å². The van der Waals surface area contributed by atoms with Crippen LogP contribution in [0.2, 0.25) is 0 Å². The predicted molar refractivity (Wildman–Crippen MR) is 94.5 cm³/mol. The number of fused-ring (bicyclic) bond motifs is 1. The van der Waals surface area contributed by atoms with Crippen molar-refractivity contribution in [1.29, 1.82) is 0 Å². The Balaban J connectivity index is 1.55. The number of hydrogen-bond acceptors (Lipinski definition) is 4. The minimum atomic E-state index is -0.532. The van der Waals surface area contributed by atoms with Gasteiger partial charge in [-0.05, 0) is 37.1 Å². The molecule has 0 unspecified atom stereocenters. The fourth-order valence-electron chi connectivity index (χ4n) is 3.83. The van der Waals surface area contributed by atoms with E-state index in [9.17, 15) is 14.7 Å². The molecule has 7 heteroatoms. The van der Waals surface area contributed by atoms with Crippen molar-refractivity contribution in [3.05, 3.63) is 47.8 Å². The smallest absolute Gasteiger partial charge is 0.254 e. The van der Waals surface area contributed by atoms with Crippen LogP contribution in [0.1, 0.15) is 47.8 Å². The molecule has 0 spiro atoms. The minimum absolute atomic E-state index is 0.0495. The lowest BCUT2D eigenvalue weighted by Gasteiger charge is -2.33. The molecule has 0 radical (unpaired) electrons. The lowest BCUT2D eigenvalue weighted by molar-refractivity contribution is -0.126. The van der Waals surface area contributed by atoms with Crippen LogP contribution in [0.5, 0.6) is 5.75 Å². The Hall–Kier alpha value is -2.83. The molecule has 1 aliphatic carbocycles. The number of rotatable bonds is 3. The Morgan fingerprint density at radius 3 is 2.77 bits per heavy atom. The molecule has 1 aromatic carbocycles. The van der Waals surface area contributed by atoms with E-state index in [4.69, 9.17) is 0 Å². The highest BCUT2D eigenvalue weighted by atomic mass is 16.3. The average molecular weight is 354 g/mol. The highest BCUT2D eigenvalue weighted by Gasteiger charge is 2.34. The standard InChI is InChI=1S/C19H22N4O3/c24-16-7-3-4-13(10-16)19(26)22-11-15-8-9-20-23(15)17(12-22)18(25)21-14-5-1-2-6-14/h3-4,7-10,14,17,24H,1-2,5-6,11-12H2,(H,21,25)/t17-/m0/s1. The maximum atomic E-state index is 12.8. The normalized spacial score (nSPS) is 20.0. The molecule has 4 rings (SSSR count). The lowest BCUT2D eigenvalue weighted by atomic mass is 10.1. The zero-order valence-electron chi connectivity index (χ0n) is 14.5. The highest BCUT2D eigenvalue weighted by molar-refractivity contribution is 5.95. The summed E-state index contributed by atoms with van der Waals surface area (Å²) >= 11 is 0. The second-order valence-corrected chi connectivity index (χ2v) is 7.01. The Labute approximate surface area is 151 Å². The van der Waals surface area contributed by atoms with E-state index in [-0.39, 0.29) is 30.2 Å². The Kier molecular flexibility index (Phi) is 4.36. The van der Waals surface area contributed by atoms with Crippen LogP contribution < -0.4 is 5.32 Å². The third-order valence-electron chi connectivity index (χ3n) is 5.18. The SMILES string of the molecule is O=C(NC1CCCC1)[C@@H]1CN(C(=O)c2cccc(O)c2)Cc2ccnn21. The minimum Gasteiger partial charge on any atom is -0.508 e. The molecule has 2 N–H and O–H groups in total. The van der Waals surface area contributed by atoms with Crippen molar-refractivity contribution in [2.45, 2.75) is 44.3 Å². The first-order chi connectivity index (χ1) is 12.6. The van der Waals surface area contributed by atoms with Crippen molar-refractivity contribution in [3.63, 3.8) is 0 Å². The Morgan fingerprint density at radius 2 is 2.00 bits per heavy atom. The van der Waals surface area contributed by atoms with E-state index >= 15 is 0 Å². The highest BCUT2D eigenvalue weighted by Crippen LogP contribution is 2.25. The molecule has 2 aliphatic rings. The molecule has 0 saturated heterocycles. The third-order valence-corrected chi connectivity index (χ3v) is 5.18. The third kappa shape index (κ3) is 3.16. The molecule has 1 saturated carbocycles. The van der Waals surface area contributed by atoms with Crippen LogP contribution in [-0.2, 0) is 11.3 Å². The molecule has 1 fully saturated rings. The van der Waals surface area contributed by atoms with E-state index < -0.39 is 6.04 Å². The molecule has 1 atom stereocenters. The molecule has 2 aromatic rings. The van der Waals surface area contributed by atoms with Gasteiger partial charge in [-0.2, -0.15) is 5.10 Å². The number of benzene rings is 1. The van der Waals surface area contributed by atoms with Crippen molar-refractivity contribution in [1.82, 2.24) is 20.0 Å². The number of phenols is 1. The summed E-state index contributed by atoms with van der Waals surface area (Å²) in [5.41, 5.74) is 1.24. The van der Waals surface area contributed by atoms with E-state index in [2.05, 4.69) is 10.4 Å². The van der Waals surface area contributed by atoms with E-state index in [1.165, 1.54) is 12.1 Å². The van der Waals surface area contributed by atoms with Crippen LogP contribution in [0.25, 0.3) is 0 Å². The summed E-state index contributed by atoms with van der Waals surface area (Å²) in [4.78, 5) is 27.3. The second kappa shape index (κ2) is 6.82. The molecule has 2 amide bonds. The molecule has 7 nitrogen and oxygen atoms in total. The van der Waals surface area contributed by atoms with Gasteiger partial charge in [-0.1, -0.05) is 18.9 Å². The number of carbonyl (C=O) groups excluding carboxylic acids is 2. The van der Waals surface area contributed by atoms with Gasteiger partial charge in [-0.3, -0.25) is 14.3 Å². The quantitative estimate of drug-likeness (QED) is 0.880. The summed E-state index contributed by atoms with van der Waals surface area (Å²) in [5.74, 6) is -0.240. The van der Waals surface area contributed by atoms with E-state index in [1.54, 1.807) is 27.9 Å². The van der Waals surface area contributed by atoms with E-state index in [0.29, 0.717) is 12.1 Å². The van der Waals surface area contributed by atoms with E-state index in [0.717, 1.165) is 31.4 Å². The maximum Gasteiger partial charge on any atom is 0.254 e. The van der Waals surface area contributed by atoms with Crippen LogP contribution in [0, 0.1) is 0 Å². The van der Waals surface area contributed by atoms with Crippen molar-refractivity contribution in [2.75, 3.05) is 6.54 Å². The van der Waals surface area contributed by atoms with Gasteiger partial charge in [0.1, 0.15) is 11.8 Å². The number of amides is 2. The van der Waals surface area contributed by atoms with Crippen molar-refractivity contribution in [3.8, 4) is 5.75 Å². The summed E-state index contributed by atoms with van der Waals surface area (Å²) < 4.78 is 1.72. The number of aromatic hydroxyl groups is 1. The molecule has 0 bridgehead atoms. The number of nitrogens with one attached hydrogen (secondary N) is 1. The van der Waals surface area contributed by atoms with Gasteiger partial charge in [0.05, 0.1) is 18.8 Å². The molecule has 2 heterocycles. The number of nitrogens with zero attached hydrogens (tertiary/aromatic N) is 3. The van der Waals surface area contributed by atoms with Gasteiger partial charge in [0, 0.05) is 17.8 Å². The number of hydrogen-bond donors (Lipinski definition) is 2. The molecule has 1 aliphatic heterocycles. The van der Waals surface area contributed by atoms with Gasteiger partial charge >= 0.3 is 0 Å². The lowest BCUT2D eigenvalue weighted by Crippen LogP contribution is -2.48. The van der Waals surface area contributed by atoms with Crippen LogP contribution in [0.4, 0.5) is 0 Å². The summed E-state index contributed by atoms with van der Waals surface area (Å²) in [6.45, 7) is 0.656. The summed E-state index contributed by atoms with van der Waals surface area (Å²) in [5, 5.41) is 17.0. The first-order valence-corrected chi connectivity index (χ1v) is 9.03. The van der Waals surface area contributed by atoms with Crippen LogP contribution in [-0.4, -0.2) is 44.2 Å². The second-order valence-electron chi connectivity index (χ2n) is 7.01. The van der Waals surface area contributed by atoms with Crippen molar-refractivity contribution in [2.24, 2.45) is 0 Å². The number of aromatic nitrogens is 2. The summed E-state index contributed by atoms with van der Waals surface area (Å²) in [6, 6.07) is 7.80. The van der Waals surface area contributed by atoms with Crippen molar-refractivity contribution >= 4 is 11.8 Å². The predicted octanol–water partition coefficient (Wildman–Crippen LogP) is 1.84. The maximum absolute atomic E-state index is 12.8. The van der Waals surface area contributed by atoms with Gasteiger partial charge < -0.3 is 15.3 Å². The number of phenolic OH excluding ortho intramolecular Hbond substituents is 1. The first-order valence-electron chi connectivity index (χ1n) is 9.03. The topological polar surface area (TPSA) is 87.5 Å². The molecule has 26 heavy (non-hydrogen) atoms. The Morgan fingerprint density at radius 1 is 1.19 bits per heavy atom. The van der Waals surface area contributed by atoms with Gasteiger partial charge in [0.15, 0.2) is 0 Å². The molecular weight excluding hydrogens is 332 g/mol. The van der Waals surface area contributed by atoms with Gasteiger partial charge in [-0.15, -0.1) is 0 Å². The average Bonchev–Trinajstić information content (AvgIpc) is 3.31. The van der Waals surface area contributed by atoms with Gasteiger partial charge in [-0.25, -0.2) is 0 Å². The molecular formula is C19H22N4O3. The largest absolute Gasteiger partial charge is 0.508 e. The zero-order chi connectivity index (χ0) is 18.1. The van der Waals surface area contributed by atoms with Crippen LogP contribution in [0.3, 0.4) is 0 Å². The first kappa shape index (κ1) is 16.6. The van der Waals surface area contributed by atoms with Gasteiger partial charge in [0.25, 0.3) is 5.91 Å². The monoisotopic (exact) mass is 354 g/mol. The fraction of sp³-hybridized carbons (Fsp3) is 0.421. The van der Waals surface area contributed by atoms with Crippen LogP contribution in [0.15, 0.2) is 36.5 Å². The van der Waals surface area contributed by atoms with Gasteiger partial charge in [0.2, 0.25) is 5.91 Å². The summed E-state index contributed by atoms with van der Waals surface area (Å²) in [7, 11) is 0.